The quantitative estimate of drug-likeness (QED) is 0.752. The highest BCUT2D eigenvalue weighted by Crippen LogP contribution is 2.29. The Balaban J connectivity index is 2.27. The van der Waals surface area contributed by atoms with E-state index in [1.807, 2.05) is 0 Å². The lowest BCUT2D eigenvalue weighted by molar-refractivity contribution is -0.137. The largest absolute Gasteiger partial charge is 0.416 e. The van der Waals surface area contributed by atoms with E-state index in [0.29, 0.717) is 12.2 Å². The van der Waals surface area contributed by atoms with Gasteiger partial charge in [0, 0.05) is 24.6 Å². The van der Waals surface area contributed by atoms with E-state index in [1.165, 1.54) is 12.1 Å². The number of aliphatic hydroxyl groups excluding tert-OH is 1. The van der Waals surface area contributed by atoms with Crippen LogP contribution in [0, 0.1) is 0 Å². The molecule has 0 aliphatic rings. The fourth-order valence-electron chi connectivity index (χ4n) is 1.31. The van der Waals surface area contributed by atoms with E-state index in [2.05, 4.69) is 5.32 Å². The Kier molecular flexibility index (Phi) is 6.35. The van der Waals surface area contributed by atoms with Crippen molar-refractivity contribution in [2.45, 2.75) is 12.6 Å². The summed E-state index contributed by atoms with van der Waals surface area (Å²) in [7, 11) is 0. The predicted octanol–water partition coefficient (Wildman–Crippen LogP) is 3.23. The molecule has 1 rings (SSSR count). The molecule has 0 aromatic heterocycles. The molecule has 0 heterocycles. The van der Waals surface area contributed by atoms with E-state index >= 15 is 0 Å². The molecule has 0 unspecified atom stereocenters. The van der Waals surface area contributed by atoms with E-state index < -0.39 is 11.7 Å². The van der Waals surface area contributed by atoms with Crippen molar-refractivity contribution in [3.8, 4) is 0 Å². The number of nitrogens with one attached hydrogen (secondary N) is 1. The van der Waals surface area contributed by atoms with Crippen LogP contribution in [0.4, 0.5) is 18.9 Å². The summed E-state index contributed by atoms with van der Waals surface area (Å²) in [5.74, 6) is 1.76. The van der Waals surface area contributed by atoms with E-state index in [0.717, 1.165) is 30.1 Å². The first-order valence-corrected chi connectivity index (χ1v) is 6.79. The molecular formula is C12H16F3NOS. The normalized spacial score (nSPS) is 11.6. The van der Waals surface area contributed by atoms with Crippen LogP contribution in [0.3, 0.4) is 0 Å². The molecule has 0 atom stereocenters. The highest BCUT2D eigenvalue weighted by atomic mass is 32.2. The van der Waals surface area contributed by atoms with Gasteiger partial charge in [-0.3, -0.25) is 0 Å². The zero-order valence-corrected chi connectivity index (χ0v) is 10.7. The molecule has 1 aromatic rings. The van der Waals surface area contributed by atoms with Crippen LogP contribution in [-0.2, 0) is 6.18 Å². The van der Waals surface area contributed by atoms with Crippen LogP contribution in [0.15, 0.2) is 24.3 Å². The first-order chi connectivity index (χ1) is 8.54. The molecule has 0 saturated carbocycles. The highest BCUT2D eigenvalue weighted by molar-refractivity contribution is 7.99. The van der Waals surface area contributed by atoms with Crippen molar-refractivity contribution < 1.29 is 18.3 Å². The Hall–Kier alpha value is -0.880. The van der Waals surface area contributed by atoms with Crippen molar-refractivity contribution in [2.24, 2.45) is 0 Å². The van der Waals surface area contributed by atoms with Crippen molar-refractivity contribution >= 4 is 17.4 Å². The summed E-state index contributed by atoms with van der Waals surface area (Å²) < 4.78 is 36.9. The van der Waals surface area contributed by atoms with Gasteiger partial charge in [-0.05, 0) is 36.4 Å². The number of alkyl halides is 3. The standard InChI is InChI=1S/C12H16F3NOS/c13-12(14,15)10-2-4-11(5-3-10)16-6-9-18-8-1-7-17/h2-5,16-17H,1,6-9H2. The van der Waals surface area contributed by atoms with Gasteiger partial charge in [0.25, 0.3) is 0 Å². The fourth-order valence-corrected chi connectivity index (χ4v) is 2.10. The minimum atomic E-state index is -4.28. The van der Waals surface area contributed by atoms with Crippen LogP contribution in [0.5, 0.6) is 0 Å². The fraction of sp³-hybridized carbons (Fsp3) is 0.500. The van der Waals surface area contributed by atoms with Gasteiger partial charge in [0.05, 0.1) is 5.56 Å². The SMILES string of the molecule is OCCCSCCNc1ccc(C(F)(F)F)cc1. The lowest BCUT2D eigenvalue weighted by Crippen LogP contribution is -2.07. The predicted molar refractivity (Wildman–Crippen MR) is 69.0 cm³/mol. The van der Waals surface area contributed by atoms with Gasteiger partial charge in [0.1, 0.15) is 0 Å². The third-order valence-corrected chi connectivity index (χ3v) is 3.30. The summed E-state index contributed by atoms with van der Waals surface area (Å²) in [4.78, 5) is 0. The molecule has 2 N–H and O–H groups in total. The molecule has 0 aliphatic carbocycles. The molecule has 1 aromatic carbocycles. The van der Waals surface area contributed by atoms with Crippen molar-refractivity contribution in [2.75, 3.05) is 30.0 Å². The van der Waals surface area contributed by atoms with Gasteiger partial charge in [0.2, 0.25) is 0 Å². The van der Waals surface area contributed by atoms with Crippen LogP contribution in [0.2, 0.25) is 0 Å². The number of hydrogen-bond donors (Lipinski definition) is 2. The van der Waals surface area contributed by atoms with Crippen LogP contribution in [-0.4, -0.2) is 29.8 Å². The minimum absolute atomic E-state index is 0.194. The molecule has 2 nitrogen and oxygen atoms in total. The molecule has 6 heteroatoms. The number of benzene rings is 1. The van der Waals surface area contributed by atoms with Gasteiger partial charge >= 0.3 is 6.18 Å². The molecule has 0 spiro atoms. The first-order valence-electron chi connectivity index (χ1n) is 5.64. The lowest BCUT2D eigenvalue weighted by atomic mass is 10.2. The second-order valence-electron chi connectivity index (χ2n) is 3.69. The maximum Gasteiger partial charge on any atom is 0.416 e. The number of hydrogen-bond acceptors (Lipinski definition) is 3. The molecule has 0 aliphatic heterocycles. The Morgan fingerprint density at radius 1 is 1.11 bits per heavy atom. The van der Waals surface area contributed by atoms with Crippen LogP contribution in [0.1, 0.15) is 12.0 Å². The summed E-state index contributed by atoms with van der Waals surface area (Å²) in [6.07, 6.45) is -3.51. The number of thioether (sulfide) groups is 1. The van der Waals surface area contributed by atoms with Crippen molar-refractivity contribution in [1.82, 2.24) is 0 Å². The van der Waals surface area contributed by atoms with Crippen molar-refractivity contribution in [1.29, 1.82) is 0 Å². The number of aliphatic hydroxyl groups is 1. The second-order valence-corrected chi connectivity index (χ2v) is 4.92. The Bertz CT molecular complexity index is 340. The molecule has 0 amide bonds. The Labute approximate surface area is 109 Å². The summed E-state index contributed by atoms with van der Waals surface area (Å²) in [5, 5.41) is 11.6. The Morgan fingerprint density at radius 2 is 1.78 bits per heavy atom. The summed E-state index contributed by atoms with van der Waals surface area (Å²) in [6.45, 7) is 0.890. The molecule has 102 valence electrons. The Morgan fingerprint density at radius 3 is 2.33 bits per heavy atom. The molecule has 0 radical (unpaired) electrons. The summed E-state index contributed by atoms with van der Waals surface area (Å²) in [6, 6.07) is 5.00. The average molecular weight is 279 g/mol. The van der Waals surface area contributed by atoms with E-state index in [4.69, 9.17) is 5.11 Å². The molecular weight excluding hydrogens is 263 g/mol. The van der Waals surface area contributed by atoms with E-state index in [1.54, 1.807) is 11.8 Å². The number of rotatable bonds is 7. The average Bonchev–Trinajstić information content (AvgIpc) is 2.33. The van der Waals surface area contributed by atoms with Gasteiger partial charge in [-0.15, -0.1) is 0 Å². The molecule has 0 saturated heterocycles. The molecule has 18 heavy (non-hydrogen) atoms. The van der Waals surface area contributed by atoms with E-state index in [-0.39, 0.29) is 6.61 Å². The maximum atomic E-state index is 12.3. The van der Waals surface area contributed by atoms with Crippen LogP contribution >= 0.6 is 11.8 Å². The second kappa shape index (κ2) is 7.53. The third kappa shape index (κ3) is 5.64. The topological polar surface area (TPSA) is 32.3 Å². The zero-order valence-electron chi connectivity index (χ0n) is 9.83. The molecule has 0 fully saturated rings. The van der Waals surface area contributed by atoms with Gasteiger partial charge in [-0.25, -0.2) is 0 Å². The van der Waals surface area contributed by atoms with Crippen molar-refractivity contribution in [3.05, 3.63) is 29.8 Å². The highest BCUT2D eigenvalue weighted by Gasteiger charge is 2.29. The summed E-state index contributed by atoms with van der Waals surface area (Å²) >= 11 is 1.70. The van der Waals surface area contributed by atoms with Gasteiger partial charge in [-0.2, -0.15) is 24.9 Å². The molecule has 0 bridgehead atoms. The van der Waals surface area contributed by atoms with Crippen LogP contribution < -0.4 is 5.32 Å². The number of halogens is 3. The van der Waals surface area contributed by atoms with Gasteiger partial charge < -0.3 is 10.4 Å². The maximum absolute atomic E-state index is 12.3. The van der Waals surface area contributed by atoms with Crippen LogP contribution in [0.25, 0.3) is 0 Å². The third-order valence-electron chi connectivity index (χ3n) is 2.23. The van der Waals surface area contributed by atoms with Gasteiger partial charge in [0.15, 0.2) is 0 Å². The monoisotopic (exact) mass is 279 g/mol. The zero-order chi connectivity index (χ0) is 13.4. The van der Waals surface area contributed by atoms with E-state index in [9.17, 15) is 13.2 Å². The van der Waals surface area contributed by atoms with Crippen molar-refractivity contribution in [3.63, 3.8) is 0 Å². The minimum Gasteiger partial charge on any atom is -0.396 e. The lowest BCUT2D eigenvalue weighted by Gasteiger charge is -2.09. The number of anilines is 1. The summed E-state index contributed by atoms with van der Waals surface area (Å²) in [5.41, 5.74) is 0.0520. The smallest absolute Gasteiger partial charge is 0.396 e. The van der Waals surface area contributed by atoms with Gasteiger partial charge in [-0.1, -0.05) is 0 Å². The first kappa shape index (κ1) is 15.2.